The smallest absolute Gasteiger partial charge is 0.261 e. The van der Waals surface area contributed by atoms with Gasteiger partial charge in [-0.25, -0.2) is 4.98 Å². The monoisotopic (exact) mass is 535 g/mol. The number of hydrogen-bond acceptors (Lipinski definition) is 5. The molecule has 206 valence electrons. The zero-order valence-electron chi connectivity index (χ0n) is 23.3. The van der Waals surface area contributed by atoms with Gasteiger partial charge in [0.15, 0.2) is 0 Å². The Hall–Kier alpha value is -3.95. The van der Waals surface area contributed by atoms with Gasteiger partial charge in [-0.15, -0.1) is 0 Å². The summed E-state index contributed by atoms with van der Waals surface area (Å²) >= 11 is 0. The third-order valence-corrected chi connectivity index (χ3v) is 7.95. The first-order chi connectivity index (χ1) is 19.5. The fraction of sp³-hybridized carbons (Fsp3) is 0.382. The summed E-state index contributed by atoms with van der Waals surface area (Å²) in [6, 6.07) is 18.1. The van der Waals surface area contributed by atoms with E-state index in [1.807, 2.05) is 73.7 Å². The van der Waals surface area contributed by atoms with Crippen LogP contribution in [0.3, 0.4) is 0 Å². The fourth-order valence-corrected chi connectivity index (χ4v) is 5.78. The topological polar surface area (TPSA) is 88.1 Å². The minimum Gasteiger partial charge on any atom is -0.488 e. The molecule has 3 unspecified atom stereocenters. The number of benzene rings is 2. The molecule has 40 heavy (non-hydrogen) atoms. The molecule has 0 spiro atoms. The van der Waals surface area contributed by atoms with Crippen molar-refractivity contribution in [1.82, 2.24) is 9.55 Å². The molecule has 0 radical (unpaired) electrons. The maximum Gasteiger partial charge on any atom is 0.261 e. The van der Waals surface area contributed by atoms with Gasteiger partial charge in [0.1, 0.15) is 17.7 Å². The van der Waals surface area contributed by atoms with Gasteiger partial charge in [0, 0.05) is 12.0 Å². The third-order valence-electron chi connectivity index (χ3n) is 7.95. The van der Waals surface area contributed by atoms with E-state index in [1.165, 1.54) is 0 Å². The van der Waals surface area contributed by atoms with E-state index in [0.717, 1.165) is 73.0 Å². The molecule has 6 nitrogen and oxygen atoms in total. The molecule has 3 aromatic rings. The largest absolute Gasteiger partial charge is 0.488 e. The van der Waals surface area contributed by atoms with Gasteiger partial charge in [-0.1, -0.05) is 62.3 Å². The Bertz CT molecular complexity index is 1490. The molecule has 6 heteroatoms. The van der Waals surface area contributed by atoms with Gasteiger partial charge in [0.2, 0.25) is 0 Å². The molecule has 2 aliphatic rings. The minimum atomic E-state index is -0.436. The van der Waals surface area contributed by atoms with Crippen LogP contribution in [-0.4, -0.2) is 26.9 Å². The number of nitriles is 1. The molecule has 5 rings (SSSR count). The van der Waals surface area contributed by atoms with Crippen molar-refractivity contribution in [3.05, 3.63) is 105 Å². The average molecular weight is 536 g/mol. The van der Waals surface area contributed by atoms with Crippen molar-refractivity contribution >= 4 is 5.57 Å². The highest BCUT2D eigenvalue weighted by molar-refractivity contribution is 5.72. The van der Waals surface area contributed by atoms with Gasteiger partial charge in [-0.2, -0.15) is 5.26 Å². The molecule has 1 saturated carbocycles. The van der Waals surface area contributed by atoms with Crippen molar-refractivity contribution in [2.24, 2.45) is 5.92 Å². The second-order valence-electron chi connectivity index (χ2n) is 10.8. The zero-order chi connectivity index (χ0) is 28.1. The summed E-state index contributed by atoms with van der Waals surface area (Å²) in [6.07, 6.45) is 12.0. The highest BCUT2D eigenvalue weighted by Gasteiger charge is 2.25. The standard InChI is InChI=1S/C34H37N3O3/c1-3-8-31-30(21-24-13-15-25(16-14-24)29-10-5-4-9-26(29)22-35)34(39)37(23(2)36-31)27-17-19-28(20-18-27)40-33-12-7-6-11-32(33)38/h4-5,10,13-20,26,32-33,38H,3,6-9,11-12,21H2,1-2H3. The highest BCUT2D eigenvalue weighted by Crippen LogP contribution is 2.30. The second-order valence-corrected chi connectivity index (χ2v) is 10.8. The number of aliphatic hydroxyl groups is 1. The molecule has 0 aliphatic heterocycles. The number of aromatic nitrogens is 2. The molecule has 0 amide bonds. The number of ether oxygens (including phenoxy) is 1. The molecule has 1 N–H and O–H groups in total. The molecule has 3 atom stereocenters. The lowest BCUT2D eigenvalue weighted by Gasteiger charge is -2.28. The third kappa shape index (κ3) is 5.95. The Morgan fingerprint density at radius 2 is 1.85 bits per heavy atom. The first-order valence-corrected chi connectivity index (χ1v) is 14.4. The summed E-state index contributed by atoms with van der Waals surface area (Å²) in [5.74, 6) is 1.22. The molecule has 2 aliphatic carbocycles. The maximum atomic E-state index is 13.9. The van der Waals surface area contributed by atoms with Crippen LogP contribution in [0.4, 0.5) is 0 Å². The zero-order valence-corrected chi connectivity index (χ0v) is 23.3. The van der Waals surface area contributed by atoms with Crippen LogP contribution in [0.2, 0.25) is 0 Å². The fourth-order valence-electron chi connectivity index (χ4n) is 5.78. The Balaban J connectivity index is 1.42. The van der Waals surface area contributed by atoms with Gasteiger partial charge < -0.3 is 9.84 Å². The molecular weight excluding hydrogens is 498 g/mol. The van der Waals surface area contributed by atoms with Crippen LogP contribution in [-0.2, 0) is 12.8 Å². The van der Waals surface area contributed by atoms with Crippen molar-refractivity contribution < 1.29 is 9.84 Å². The van der Waals surface area contributed by atoms with Gasteiger partial charge >= 0.3 is 0 Å². The molecule has 1 fully saturated rings. The number of aryl methyl sites for hydroxylation is 2. The van der Waals surface area contributed by atoms with Crippen molar-refractivity contribution in [3.63, 3.8) is 0 Å². The first kappa shape index (κ1) is 27.6. The number of aliphatic hydroxyl groups excluding tert-OH is 1. The van der Waals surface area contributed by atoms with E-state index in [2.05, 4.69) is 13.0 Å². The average Bonchev–Trinajstić information content (AvgIpc) is 2.97. The highest BCUT2D eigenvalue weighted by atomic mass is 16.5. The molecule has 2 aromatic carbocycles. The van der Waals surface area contributed by atoms with Gasteiger partial charge in [0.25, 0.3) is 5.56 Å². The lowest BCUT2D eigenvalue weighted by Crippen LogP contribution is -2.34. The van der Waals surface area contributed by atoms with Crippen molar-refractivity contribution in [1.29, 1.82) is 5.26 Å². The number of allylic oxidation sites excluding steroid dienone is 4. The van der Waals surface area contributed by atoms with Gasteiger partial charge in [-0.3, -0.25) is 9.36 Å². The molecule has 1 aromatic heterocycles. The summed E-state index contributed by atoms with van der Waals surface area (Å²) < 4.78 is 7.74. The molecule has 0 bridgehead atoms. The summed E-state index contributed by atoms with van der Waals surface area (Å²) in [4.78, 5) is 18.8. The minimum absolute atomic E-state index is 0.0546. The summed E-state index contributed by atoms with van der Waals surface area (Å²) in [7, 11) is 0. The SMILES string of the molecule is CCCc1nc(C)n(-c2ccc(OC3CCCCC3O)cc2)c(=O)c1Cc1ccc(C2=CC=CCC2C#N)cc1. The predicted molar refractivity (Wildman–Crippen MR) is 158 cm³/mol. The number of nitrogens with zero attached hydrogens (tertiary/aromatic N) is 3. The van der Waals surface area contributed by atoms with Crippen LogP contribution >= 0.6 is 0 Å². The Morgan fingerprint density at radius 3 is 2.55 bits per heavy atom. The maximum absolute atomic E-state index is 13.9. The Morgan fingerprint density at radius 1 is 1.10 bits per heavy atom. The van der Waals surface area contributed by atoms with Crippen molar-refractivity contribution in [3.8, 4) is 17.5 Å². The lowest BCUT2D eigenvalue weighted by molar-refractivity contribution is 0.00688. The first-order valence-electron chi connectivity index (χ1n) is 14.4. The van der Waals surface area contributed by atoms with Crippen LogP contribution in [0.1, 0.15) is 73.7 Å². The summed E-state index contributed by atoms with van der Waals surface area (Å²) in [5, 5.41) is 19.8. The second kappa shape index (κ2) is 12.5. The van der Waals surface area contributed by atoms with E-state index in [0.29, 0.717) is 23.6 Å². The Kier molecular flexibility index (Phi) is 8.62. The van der Waals surface area contributed by atoms with E-state index in [9.17, 15) is 15.2 Å². The van der Waals surface area contributed by atoms with E-state index in [4.69, 9.17) is 9.72 Å². The van der Waals surface area contributed by atoms with Crippen molar-refractivity contribution in [2.45, 2.75) is 77.4 Å². The molecular formula is C34H37N3O3. The van der Waals surface area contributed by atoms with Gasteiger partial charge in [-0.05, 0) is 80.0 Å². The normalized spacial score (nSPS) is 20.6. The number of rotatable bonds is 8. The van der Waals surface area contributed by atoms with E-state index >= 15 is 0 Å². The van der Waals surface area contributed by atoms with Crippen LogP contribution in [0.5, 0.6) is 5.75 Å². The summed E-state index contributed by atoms with van der Waals surface area (Å²) in [5.41, 5.74) is 5.35. The van der Waals surface area contributed by atoms with Crippen LogP contribution in [0.15, 0.2) is 71.6 Å². The van der Waals surface area contributed by atoms with Crippen molar-refractivity contribution in [2.75, 3.05) is 0 Å². The van der Waals surface area contributed by atoms with Crippen LogP contribution in [0, 0.1) is 24.2 Å². The van der Waals surface area contributed by atoms with E-state index in [1.54, 1.807) is 4.57 Å². The predicted octanol–water partition coefficient (Wildman–Crippen LogP) is 6.25. The number of hydrogen-bond donors (Lipinski definition) is 1. The van der Waals surface area contributed by atoms with E-state index < -0.39 is 6.10 Å². The molecule has 1 heterocycles. The van der Waals surface area contributed by atoms with Crippen LogP contribution in [0.25, 0.3) is 11.3 Å². The van der Waals surface area contributed by atoms with Gasteiger partial charge in [0.05, 0.1) is 29.5 Å². The molecule has 0 saturated heterocycles. The quantitative estimate of drug-likeness (QED) is 0.368. The summed E-state index contributed by atoms with van der Waals surface area (Å²) in [6.45, 7) is 3.97. The van der Waals surface area contributed by atoms with Crippen LogP contribution < -0.4 is 10.3 Å². The van der Waals surface area contributed by atoms with E-state index in [-0.39, 0.29) is 17.6 Å². The Labute approximate surface area is 236 Å². The lowest BCUT2D eigenvalue weighted by atomic mass is 9.87.